The second kappa shape index (κ2) is 3.10. The number of anilines is 2. The molecule has 11 heavy (non-hydrogen) atoms. The first-order valence-corrected chi connectivity index (χ1v) is 3.47. The zero-order chi connectivity index (χ0) is 8.27. The number of benzene rings is 1. The summed E-state index contributed by atoms with van der Waals surface area (Å²) in [5, 5.41) is 3.00. The van der Waals surface area contributed by atoms with Crippen LogP contribution in [-0.2, 0) is 0 Å². The van der Waals surface area contributed by atoms with Crippen molar-refractivity contribution in [1.82, 2.24) is 0 Å². The van der Waals surface area contributed by atoms with Crippen LogP contribution in [0, 0.1) is 0 Å². The zero-order valence-electron chi connectivity index (χ0n) is 6.59. The molecule has 0 aromatic heterocycles. The average Bonchev–Trinajstić information content (AvgIpc) is 2.04. The van der Waals surface area contributed by atoms with Crippen molar-refractivity contribution < 1.29 is 0 Å². The Labute approximate surface area is 66.7 Å². The highest BCUT2D eigenvalue weighted by Gasteiger charge is 1.94. The van der Waals surface area contributed by atoms with Gasteiger partial charge in [0.15, 0.2) is 0 Å². The summed E-state index contributed by atoms with van der Waals surface area (Å²) in [4.78, 5) is 0. The second-order valence-corrected chi connectivity index (χ2v) is 2.30. The molecule has 0 atom stereocenters. The van der Waals surface area contributed by atoms with Crippen LogP contribution in [0.2, 0.25) is 0 Å². The van der Waals surface area contributed by atoms with E-state index in [1.54, 1.807) is 6.08 Å². The number of nitrogens with two attached hydrogens (primary N) is 1. The van der Waals surface area contributed by atoms with Crippen molar-refractivity contribution in [3.63, 3.8) is 0 Å². The van der Waals surface area contributed by atoms with Crippen LogP contribution in [0.3, 0.4) is 0 Å². The third-order valence-electron chi connectivity index (χ3n) is 1.60. The lowest BCUT2D eigenvalue weighted by atomic mass is 10.1. The Kier molecular flexibility index (Phi) is 2.16. The highest BCUT2D eigenvalue weighted by atomic mass is 14.8. The van der Waals surface area contributed by atoms with Crippen molar-refractivity contribution in [2.45, 2.75) is 0 Å². The minimum Gasteiger partial charge on any atom is -0.398 e. The Morgan fingerprint density at radius 3 is 2.73 bits per heavy atom. The minimum atomic E-state index is 0.756. The monoisotopic (exact) mass is 148 g/mol. The Morgan fingerprint density at radius 2 is 2.27 bits per heavy atom. The van der Waals surface area contributed by atoms with E-state index < -0.39 is 0 Å². The number of hydrogen-bond acceptors (Lipinski definition) is 2. The molecule has 0 spiro atoms. The molecule has 0 heterocycles. The first kappa shape index (κ1) is 7.66. The van der Waals surface area contributed by atoms with E-state index in [0.29, 0.717) is 0 Å². The molecule has 0 aliphatic rings. The fourth-order valence-corrected chi connectivity index (χ4v) is 0.916. The van der Waals surface area contributed by atoms with E-state index in [9.17, 15) is 0 Å². The van der Waals surface area contributed by atoms with Gasteiger partial charge in [-0.2, -0.15) is 0 Å². The summed E-state index contributed by atoms with van der Waals surface area (Å²) in [5.41, 5.74) is 8.45. The molecule has 0 unspecified atom stereocenters. The molecule has 0 fully saturated rings. The maximum atomic E-state index is 5.70. The van der Waals surface area contributed by atoms with Gasteiger partial charge in [0.05, 0.1) is 0 Å². The van der Waals surface area contributed by atoms with E-state index in [-0.39, 0.29) is 0 Å². The first-order valence-electron chi connectivity index (χ1n) is 3.47. The molecular formula is C9H12N2. The Balaban J connectivity index is 3.09. The van der Waals surface area contributed by atoms with Gasteiger partial charge in [-0.05, 0) is 17.7 Å². The molecule has 0 aliphatic heterocycles. The molecule has 2 heteroatoms. The number of nitrogen functional groups attached to an aromatic ring is 1. The van der Waals surface area contributed by atoms with Crippen LogP contribution >= 0.6 is 0 Å². The molecule has 1 aromatic carbocycles. The molecule has 1 rings (SSSR count). The minimum absolute atomic E-state index is 0.756. The molecule has 0 amide bonds. The fourth-order valence-electron chi connectivity index (χ4n) is 0.916. The number of hydrogen-bond donors (Lipinski definition) is 2. The van der Waals surface area contributed by atoms with Crippen LogP contribution < -0.4 is 11.1 Å². The second-order valence-electron chi connectivity index (χ2n) is 2.30. The van der Waals surface area contributed by atoms with Crippen molar-refractivity contribution >= 4 is 17.5 Å². The van der Waals surface area contributed by atoms with Gasteiger partial charge in [-0.3, -0.25) is 0 Å². The van der Waals surface area contributed by atoms with Crippen LogP contribution in [-0.4, -0.2) is 7.05 Å². The number of rotatable bonds is 2. The molecule has 3 N–H and O–H groups in total. The van der Waals surface area contributed by atoms with Crippen LogP contribution in [0.1, 0.15) is 5.56 Å². The molecule has 0 aliphatic carbocycles. The van der Waals surface area contributed by atoms with Gasteiger partial charge in [-0.25, -0.2) is 0 Å². The van der Waals surface area contributed by atoms with Gasteiger partial charge in [0.25, 0.3) is 0 Å². The maximum Gasteiger partial charge on any atom is 0.0408 e. The molecule has 0 radical (unpaired) electrons. The largest absolute Gasteiger partial charge is 0.398 e. The fraction of sp³-hybridized carbons (Fsp3) is 0.111. The van der Waals surface area contributed by atoms with Gasteiger partial charge in [0.2, 0.25) is 0 Å². The molecule has 0 saturated carbocycles. The number of nitrogens with one attached hydrogen (secondary N) is 1. The van der Waals surface area contributed by atoms with E-state index in [1.807, 2.05) is 25.2 Å². The molecule has 2 nitrogen and oxygen atoms in total. The van der Waals surface area contributed by atoms with Gasteiger partial charge in [0.1, 0.15) is 0 Å². The van der Waals surface area contributed by atoms with Gasteiger partial charge < -0.3 is 11.1 Å². The molecule has 58 valence electrons. The van der Waals surface area contributed by atoms with Crippen LogP contribution in [0.15, 0.2) is 24.8 Å². The predicted molar refractivity (Wildman–Crippen MR) is 50.5 cm³/mol. The van der Waals surface area contributed by atoms with Crippen molar-refractivity contribution in [1.29, 1.82) is 0 Å². The summed E-state index contributed by atoms with van der Waals surface area (Å²) in [7, 11) is 1.86. The topological polar surface area (TPSA) is 38.0 Å². The van der Waals surface area contributed by atoms with E-state index in [1.165, 1.54) is 0 Å². The Hall–Kier alpha value is -1.44. The summed E-state index contributed by atoms with van der Waals surface area (Å²) in [6.07, 6.45) is 1.74. The van der Waals surface area contributed by atoms with E-state index in [0.717, 1.165) is 16.9 Å². The van der Waals surface area contributed by atoms with Gasteiger partial charge in [-0.1, -0.05) is 18.7 Å². The highest BCUT2D eigenvalue weighted by Crippen LogP contribution is 2.17. The average molecular weight is 148 g/mol. The van der Waals surface area contributed by atoms with Crippen molar-refractivity contribution in [3.8, 4) is 0 Å². The zero-order valence-corrected chi connectivity index (χ0v) is 6.59. The molecule has 0 saturated heterocycles. The normalized spacial score (nSPS) is 9.18. The third kappa shape index (κ3) is 1.52. The predicted octanol–water partition coefficient (Wildman–Crippen LogP) is 1.95. The Bertz CT molecular complexity index is 266. The molecule has 1 aromatic rings. The summed E-state index contributed by atoms with van der Waals surface area (Å²) in [5.74, 6) is 0. The Morgan fingerprint density at radius 1 is 1.55 bits per heavy atom. The van der Waals surface area contributed by atoms with E-state index in [4.69, 9.17) is 5.73 Å². The standard InChI is InChI=1S/C9H12N2/c1-3-7-4-5-8(11-2)6-9(7)10/h3-6,11H,1,10H2,2H3. The SMILES string of the molecule is C=Cc1ccc(NC)cc1N. The van der Waals surface area contributed by atoms with E-state index >= 15 is 0 Å². The van der Waals surface area contributed by atoms with Gasteiger partial charge in [0, 0.05) is 18.4 Å². The van der Waals surface area contributed by atoms with Crippen LogP contribution in [0.25, 0.3) is 6.08 Å². The summed E-state index contributed by atoms with van der Waals surface area (Å²) >= 11 is 0. The maximum absolute atomic E-state index is 5.70. The van der Waals surface area contributed by atoms with Crippen LogP contribution in [0.4, 0.5) is 11.4 Å². The third-order valence-corrected chi connectivity index (χ3v) is 1.60. The van der Waals surface area contributed by atoms with Crippen molar-refractivity contribution in [2.24, 2.45) is 0 Å². The molecule has 0 bridgehead atoms. The quantitative estimate of drug-likeness (QED) is 0.629. The van der Waals surface area contributed by atoms with Crippen LogP contribution in [0.5, 0.6) is 0 Å². The lowest BCUT2D eigenvalue weighted by molar-refractivity contribution is 1.50. The summed E-state index contributed by atoms with van der Waals surface area (Å²) in [6, 6.07) is 5.79. The molecular weight excluding hydrogens is 136 g/mol. The van der Waals surface area contributed by atoms with Crippen molar-refractivity contribution in [2.75, 3.05) is 18.1 Å². The van der Waals surface area contributed by atoms with E-state index in [2.05, 4.69) is 11.9 Å². The lowest BCUT2D eigenvalue weighted by Crippen LogP contribution is -1.93. The summed E-state index contributed by atoms with van der Waals surface area (Å²) in [6.45, 7) is 3.65. The summed E-state index contributed by atoms with van der Waals surface area (Å²) < 4.78 is 0. The highest BCUT2D eigenvalue weighted by molar-refractivity contribution is 5.68. The van der Waals surface area contributed by atoms with Gasteiger partial charge in [-0.15, -0.1) is 0 Å². The lowest BCUT2D eigenvalue weighted by Gasteiger charge is -2.03. The van der Waals surface area contributed by atoms with Gasteiger partial charge >= 0.3 is 0 Å². The first-order chi connectivity index (χ1) is 5.27. The smallest absolute Gasteiger partial charge is 0.0408 e. The van der Waals surface area contributed by atoms with Crippen molar-refractivity contribution in [3.05, 3.63) is 30.3 Å².